The lowest BCUT2D eigenvalue weighted by Gasteiger charge is -2.32. The second kappa shape index (κ2) is 7.25. The molecule has 3 atom stereocenters. The highest BCUT2D eigenvalue weighted by molar-refractivity contribution is 6.25. The lowest BCUT2D eigenvalue weighted by molar-refractivity contribution is -0.128. The molecule has 6 heteroatoms. The number of imide groups is 1. The van der Waals surface area contributed by atoms with Gasteiger partial charge >= 0.3 is 0 Å². The number of benzene rings is 3. The van der Waals surface area contributed by atoms with Crippen molar-refractivity contribution in [3.8, 4) is 5.75 Å². The van der Waals surface area contributed by atoms with E-state index < -0.39 is 17.6 Å². The van der Waals surface area contributed by atoms with Gasteiger partial charge in [-0.05, 0) is 48.9 Å². The third kappa shape index (κ3) is 2.83. The first-order chi connectivity index (χ1) is 15.1. The molecule has 2 heterocycles. The number of carbonyl (C=O) groups is 2. The summed E-state index contributed by atoms with van der Waals surface area (Å²) in [4.78, 5) is 34.6. The number of nitrogens with zero attached hydrogens (tertiary/aromatic N) is 2. The molecule has 2 fully saturated rings. The Balaban J connectivity index is 1.63. The summed E-state index contributed by atoms with van der Waals surface area (Å²) < 4.78 is 5.29. The van der Waals surface area contributed by atoms with E-state index in [1.165, 1.54) is 4.90 Å². The number of hydrogen-bond acceptors (Lipinski definition) is 5. The molecule has 0 saturated carbocycles. The van der Waals surface area contributed by atoms with Crippen molar-refractivity contribution in [1.29, 1.82) is 0 Å². The number of hydrogen-bond donors (Lipinski definition) is 0. The van der Waals surface area contributed by atoms with Crippen LogP contribution in [0.4, 0.5) is 11.4 Å². The molecule has 0 spiro atoms. The number of fused-ring (bicyclic) bond motifs is 1. The minimum atomic E-state index is -1.10. The van der Waals surface area contributed by atoms with Gasteiger partial charge < -0.3 is 4.74 Å². The molecule has 5 rings (SSSR count). The Hall–Kier alpha value is -3.64. The largest absolute Gasteiger partial charge is 0.497 e. The third-order valence-electron chi connectivity index (χ3n) is 6.13. The van der Waals surface area contributed by atoms with E-state index in [0.717, 1.165) is 17.0 Å². The van der Waals surface area contributed by atoms with Crippen molar-refractivity contribution in [2.75, 3.05) is 17.1 Å². The number of carbonyl (C=O) groups excluding carboxylic acids is 2. The van der Waals surface area contributed by atoms with E-state index >= 15 is 0 Å². The van der Waals surface area contributed by atoms with Gasteiger partial charge in [0, 0.05) is 0 Å². The van der Waals surface area contributed by atoms with Crippen LogP contribution < -0.4 is 14.7 Å². The summed E-state index contributed by atoms with van der Waals surface area (Å²) in [6.45, 7) is 1.82. The standard InChI is InChI=1S/C25H22N2O4/c1-25-21(17-13-15-20(30-2)16-14-17)27(19-11-7-4-8-12-19)31-22(25)23(28)26(24(25)29)18-9-5-3-6-10-18/h3-16,21-22H,1-2H3/t21-,22-,25+/m1/s1. The van der Waals surface area contributed by atoms with Gasteiger partial charge in [0.25, 0.3) is 5.91 Å². The van der Waals surface area contributed by atoms with Gasteiger partial charge in [0.1, 0.15) is 11.2 Å². The summed E-state index contributed by atoms with van der Waals surface area (Å²) in [7, 11) is 1.61. The Morgan fingerprint density at radius 1 is 0.839 bits per heavy atom. The molecule has 31 heavy (non-hydrogen) atoms. The Labute approximate surface area is 180 Å². The Kier molecular flexibility index (Phi) is 4.52. The van der Waals surface area contributed by atoms with Crippen LogP contribution in [0.5, 0.6) is 5.75 Å². The molecule has 3 aromatic rings. The molecule has 0 unspecified atom stereocenters. The minimum absolute atomic E-state index is 0.270. The molecule has 0 bridgehead atoms. The molecule has 0 N–H and O–H groups in total. The number of methoxy groups -OCH3 is 1. The van der Waals surface area contributed by atoms with Crippen molar-refractivity contribution < 1.29 is 19.2 Å². The highest BCUT2D eigenvalue weighted by atomic mass is 16.7. The quantitative estimate of drug-likeness (QED) is 0.601. The van der Waals surface area contributed by atoms with Crippen LogP contribution >= 0.6 is 0 Å². The van der Waals surface area contributed by atoms with Crippen molar-refractivity contribution in [3.63, 3.8) is 0 Å². The average Bonchev–Trinajstić information content (AvgIpc) is 3.23. The first-order valence-electron chi connectivity index (χ1n) is 10.1. The van der Waals surface area contributed by atoms with Crippen LogP contribution in [0.3, 0.4) is 0 Å². The molecule has 2 saturated heterocycles. The molecule has 6 nitrogen and oxygen atoms in total. The number of ether oxygens (including phenoxy) is 1. The van der Waals surface area contributed by atoms with E-state index in [2.05, 4.69) is 0 Å². The third-order valence-corrected chi connectivity index (χ3v) is 6.13. The molecule has 0 aliphatic carbocycles. The van der Waals surface area contributed by atoms with Crippen LogP contribution in [-0.4, -0.2) is 25.0 Å². The summed E-state index contributed by atoms with van der Waals surface area (Å²) in [5.41, 5.74) is 1.10. The molecule has 2 aliphatic heterocycles. The van der Waals surface area contributed by atoms with E-state index in [0.29, 0.717) is 5.69 Å². The van der Waals surface area contributed by atoms with E-state index in [1.807, 2.05) is 79.7 Å². The first kappa shape index (κ1) is 19.3. The van der Waals surface area contributed by atoms with Crippen LogP contribution in [0, 0.1) is 5.41 Å². The van der Waals surface area contributed by atoms with Crippen LogP contribution in [0.2, 0.25) is 0 Å². The van der Waals surface area contributed by atoms with Gasteiger partial charge in [0.2, 0.25) is 5.91 Å². The summed E-state index contributed by atoms with van der Waals surface area (Å²) in [6, 6.07) is 25.6. The number of rotatable bonds is 4. The number of hydroxylamine groups is 1. The van der Waals surface area contributed by atoms with Crippen LogP contribution in [0.15, 0.2) is 84.9 Å². The number of amides is 2. The first-order valence-corrected chi connectivity index (χ1v) is 10.1. The predicted molar refractivity (Wildman–Crippen MR) is 117 cm³/mol. The molecule has 2 aliphatic rings. The second-order valence-corrected chi connectivity index (χ2v) is 7.92. The van der Waals surface area contributed by atoms with Gasteiger partial charge in [0.15, 0.2) is 6.10 Å². The van der Waals surface area contributed by atoms with E-state index in [-0.39, 0.29) is 11.8 Å². The van der Waals surface area contributed by atoms with Gasteiger partial charge in [-0.2, -0.15) is 0 Å². The zero-order chi connectivity index (χ0) is 21.6. The van der Waals surface area contributed by atoms with Gasteiger partial charge in [0.05, 0.1) is 24.5 Å². The predicted octanol–water partition coefficient (Wildman–Crippen LogP) is 4.14. The Morgan fingerprint density at radius 2 is 1.42 bits per heavy atom. The van der Waals surface area contributed by atoms with Gasteiger partial charge in [-0.1, -0.05) is 48.5 Å². The molecular weight excluding hydrogens is 392 g/mol. The van der Waals surface area contributed by atoms with Crippen molar-refractivity contribution in [1.82, 2.24) is 0 Å². The lowest BCUT2D eigenvalue weighted by atomic mass is 9.76. The fourth-order valence-corrected chi connectivity index (χ4v) is 4.53. The molecule has 0 radical (unpaired) electrons. The number of anilines is 2. The molecule has 3 aromatic carbocycles. The smallest absolute Gasteiger partial charge is 0.266 e. The zero-order valence-corrected chi connectivity index (χ0v) is 17.3. The Bertz CT molecular complexity index is 1120. The maximum absolute atomic E-state index is 13.8. The summed E-state index contributed by atoms with van der Waals surface area (Å²) in [6.07, 6.45) is -0.924. The second-order valence-electron chi connectivity index (χ2n) is 7.92. The zero-order valence-electron chi connectivity index (χ0n) is 17.3. The highest BCUT2D eigenvalue weighted by Crippen LogP contribution is 2.55. The molecule has 0 aromatic heterocycles. The van der Waals surface area contributed by atoms with Crippen molar-refractivity contribution in [3.05, 3.63) is 90.5 Å². The summed E-state index contributed by atoms with van der Waals surface area (Å²) in [5, 5.41) is 1.70. The average molecular weight is 414 g/mol. The SMILES string of the molecule is COc1ccc([C@H]2N(c3ccccc3)O[C@@H]3C(=O)N(c4ccccc4)C(=O)[C@]32C)cc1. The van der Waals surface area contributed by atoms with Gasteiger partial charge in [-0.25, -0.2) is 9.96 Å². The highest BCUT2D eigenvalue weighted by Gasteiger charge is 2.68. The van der Waals surface area contributed by atoms with Crippen LogP contribution in [0.1, 0.15) is 18.5 Å². The molecule has 2 amide bonds. The summed E-state index contributed by atoms with van der Waals surface area (Å²) >= 11 is 0. The lowest BCUT2D eigenvalue weighted by Crippen LogP contribution is -2.41. The normalized spacial score (nSPS) is 25.1. The van der Waals surface area contributed by atoms with Crippen molar-refractivity contribution in [2.45, 2.75) is 19.1 Å². The van der Waals surface area contributed by atoms with E-state index in [9.17, 15) is 9.59 Å². The fraction of sp³-hybridized carbons (Fsp3) is 0.200. The van der Waals surface area contributed by atoms with Crippen molar-refractivity contribution in [2.24, 2.45) is 5.41 Å². The topological polar surface area (TPSA) is 59.1 Å². The van der Waals surface area contributed by atoms with E-state index in [1.54, 1.807) is 24.3 Å². The number of para-hydroxylation sites is 2. The van der Waals surface area contributed by atoms with Crippen LogP contribution in [-0.2, 0) is 14.4 Å². The molecule has 156 valence electrons. The van der Waals surface area contributed by atoms with Gasteiger partial charge in [-0.15, -0.1) is 0 Å². The maximum atomic E-state index is 13.8. The fourth-order valence-electron chi connectivity index (χ4n) is 4.53. The molecular formula is C25H22N2O4. The minimum Gasteiger partial charge on any atom is -0.497 e. The monoisotopic (exact) mass is 414 g/mol. The van der Waals surface area contributed by atoms with Gasteiger partial charge in [-0.3, -0.25) is 14.4 Å². The summed E-state index contributed by atoms with van der Waals surface area (Å²) in [5.74, 6) is 0.0963. The maximum Gasteiger partial charge on any atom is 0.266 e. The van der Waals surface area contributed by atoms with Crippen LogP contribution in [0.25, 0.3) is 0 Å². The van der Waals surface area contributed by atoms with E-state index in [4.69, 9.17) is 9.57 Å². The Morgan fingerprint density at radius 3 is 2.00 bits per heavy atom. The van der Waals surface area contributed by atoms with Crippen molar-refractivity contribution >= 4 is 23.2 Å².